The molecule has 4 rings (SSSR count). The average molecular weight is 483 g/mol. The molecule has 174 valence electrons. The average Bonchev–Trinajstić information content (AvgIpc) is 3.54. The first-order chi connectivity index (χ1) is 15.6. The summed E-state index contributed by atoms with van der Waals surface area (Å²) in [6.45, 7) is 1.05. The minimum Gasteiger partial charge on any atom is -0.396 e. The number of rotatable bonds is 5. The van der Waals surface area contributed by atoms with Crippen molar-refractivity contribution in [3.63, 3.8) is 0 Å². The predicted molar refractivity (Wildman–Crippen MR) is 112 cm³/mol. The summed E-state index contributed by atoms with van der Waals surface area (Å²) in [4.78, 5) is 20.5. The van der Waals surface area contributed by atoms with Gasteiger partial charge in [0.1, 0.15) is 29.3 Å². The lowest BCUT2D eigenvalue weighted by atomic mass is 9.86. The number of anilines is 2. The SMILES string of the molecule is Cc1cc(C(F)(F)F)c(C#N)c(N2C[C@@H](CO)[C@H]2C(=O)N(c2ccc(F)c(Cl)c2)C2CC2)n1. The van der Waals surface area contributed by atoms with E-state index < -0.39 is 41.0 Å². The van der Waals surface area contributed by atoms with Gasteiger partial charge in [-0.2, -0.15) is 18.4 Å². The molecule has 1 aromatic carbocycles. The Labute approximate surface area is 192 Å². The van der Waals surface area contributed by atoms with Crippen molar-refractivity contribution in [1.82, 2.24) is 4.98 Å². The number of nitrogens with zero attached hydrogens (tertiary/aromatic N) is 4. The quantitative estimate of drug-likeness (QED) is 0.650. The Bertz CT molecular complexity index is 1150. The van der Waals surface area contributed by atoms with Crippen LogP contribution in [0, 0.1) is 30.0 Å². The van der Waals surface area contributed by atoms with Crippen LogP contribution in [0.5, 0.6) is 0 Å². The van der Waals surface area contributed by atoms with Crippen LogP contribution < -0.4 is 9.80 Å². The van der Waals surface area contributed by atoms with Crippen LogP contribution in [0.3, 0.4) is 0 Å². The third-order valence-corrected chi connectivity index (χ3v) is 6.14. The maximum atomic E-state index is 13.7. The Morgan fingerprint density at radius 3 is 2.61 bits per heavy atom. The standard InChI is InChI=1S/C22H19ClF4N4O2/c1-11-6-16(22(25,26)27)15(8-28)20(29-11)30-9-12(10-32)19(30)21(33)31(13-2-3-13)14-4-5-18(24)17(23)7-14/h4-7,12-13,19,32H,2-3,9-10H2,1H3/t12-,19-/m0/s1. The highest BCUT2D eigenvalue weighted by Crippen LogP contribution is 2.41. The highest BCUT2D eigenvalue weighted by Gasteiger charge is 2.50. The number of aryl methyl sites for hydroxylation is 1. The van der Waals surface area contributed by atoms with Gasteiger partial charge in [-0.15, -0.1) is 0 Å². The van der Waals surface area contributed by atoms with Gasteiger partial charge in [-0.3, -0.25) is 4.79 Å². The third-order valence-electron chi connectivity index (χ3n) is 5.85. The molecule has 1 aromatic heterocycles. The molecule has 1 aliphatic carbocycles. The predicted octanol–water partition coefficient (Wildman–Crippen LogP) is 4.07. The van der Waals surface area contributed by atoms with Crippen molar-refractivity contribution in [2.75, 3.05) is 23.0 Å². The Balaban J connectivity index is 1.76. The molecule has 1 amide bonds. The fourth-order valence-corrected chi connectivity index (χ4v) is 4.29. The molecule has 33 heavy (non-hydrogen) atoms. The van der Waals surface area contributed by atoms with Crippen LogP contribution in [-0.2, 0) is 11.0 Å². The first-order valence-electron chi connectivity index (χ1n) is 10.2. The van der Waals surface area contributed by atoms with Gasteiger partial charge in [-0.05, 0) is 44.0 Å². The summed E-state index contributed by atoms with van der Waals surface area (Å²) in [6, 6.07) is 5.01. The molecular formula is C22H19ClF4N4O2. The monoisotopic (exact) mass is 482 g/mol. The number of aliphatic hydroxyl groups excluding tert-OH is 1. The van der Waals surface area contributed by atoms with Gasteiger partial charge in [0.2, 0.25) is 5.91 Å². The van der Waals surface area contributed by atoms with Crippen LogP contribution in [-0.4, -0.2) is 41.2 Å². The molecule has 1 saturated heterocycles. The van der Waals surface area contributed by atoms with Gasteiger partial charge in [0.25, 0.3) is 0 Å². The molecular weight excluding hydrogens is 464 g/mol. The van der Waals surface area contributed by atoms with Crippen LogP contribution in [0.2, 0.25) is 5.02 Å². The summed E-state index contributed by atoms with van der Waals surface area (Å²) in [5, 5.41) is 19.1. The van der Waals surface area contributed by atoms with E-state index in [2.05, 4.69) is 4.98 Å². The van der Waals surface area contributed by atoms with Crippen molar-refractivity contribution in [2.24, 2.45) is 5.92 Å². The number of benzene rings is 1. The minimum atomic E-state index is -4.78. The number of aromatic nitrogens is 1. The van der Waals surface area contributed by atoms with Crippen LogP contribution in [0.4, 0.5) is 29.1 Å². The lowest BCUT2D eigenvalue weighted by Crippen LogP contribution is -2.65. The van der Waals surface area contributed by atoms with Crippen molar-refractivity contribution in [2.45, 2.75) is 38.0 Å². The maximum Gasteiger partial charge on any atom is 0.417 e. The van der Waals surface area contributed by atoms with Gasteiger partial charge < -0.3 is 14.9 Å². The van der Waals surface area contributed by atoms with E-state index in [4.69, 9.17) is 11.6 Å². The summed E-state index contributed by atoms with van der Waals surface area (Å²) in [6.07, 6.45) is -3.39. The van der Waals surface area contributed by atoms with E-state index in [1.54, 1.807) is 6.07 Å². The fourth-order valence-electron chi connectivity index (χ4n) is 4.12. The van der Waals surface area contributed by atoms with E-state index in [0.29, 0.717) is 18.5 Å². The highest BCUT2D eigenvalue weighted by molar-refractivity contribution is 6.31. The normalized spacial score (nSPS) is 20.2. The molecule has 1 N–H and O–H groups in total. The van der Waals surface area contributed by atoms with E-state index in [1.807, 2.05) is 0 Å². The first kappa shape index (κ1) is 23.3. The highest BCUT2D eigenvalue weighted by atomic mass is 35.5. The summed E-state index contributed by atoms with van der Waals surface area (Å²) < 4.78 is 54.3. The largest absolute Gasteiger partial charge is 0.417 e. The molecule has 2 atom stereocenters. The lowest BCUT2D eigenvalue weighted by Gasteiger charge is -2.49. The Kier molecular flexibility index (Phi) is 5.97. The zero-order valence-corrected chi connectivity index (χ0v) is 18.2. The zero-order chi connectivity index (χ0) is 24.1. The molecule has 0 bridgehead atoms. The second kappa shape index (κ2) is 8.47. The van der Waals surface area contributed by atoms with Crippen molar-refractivity contribution >= 4 is 29.0 Å². The van der Waals surface area contributed by atoms with Crippen LogP contribution in [0.15, 0.2) is 24.3 Å². The van der Waals surface area contributed by atoms with Crippen molar-refractivity contribution < 1.29 is 27.5 Å². The number of pyridine rings is 1. The Morgan fingerprint density at radius 2 is 2.06 bits per heavy atom. The fraction of sp³-hybridized carbons (Fsp3) is 0.409. The lowest BCUT2D eigenvalue weighted by molar-refractivity contribution is -0.137. The second-order valence-electron chi connectivity index (χ2n) is 8.20. The number of hydrogen-bond acceptors (Lipinski definition) is 5. The van der Waals surface area contributed by atoms with Gasteiger partial charge in [0.15, 0.2) is 0 Å². The molecule has 0 spiro atoms. The number of hydrogen-bond donors (Lipinski definition) is 1. The zero-order valence-electron chi connectivity index (χ0n) is 17.4. The molecule has 2 aliphatic rings. The minimum absolute atomic E-state index is 0.0411. The molecule has 2 fully saturated rings. The van der Waals surface area contributed by atoms with E-state index >= 15 is 0 Å². The summed E-state index contributed by atoms with van der Waals surface area (Å²) in [7, 11) is 0. The molecule has 1 aliphatic heterocycles. The second-order valence-corrected chi connectivity index (χ2v) is 8.60. The van der Waals surface area contributed by atoms with Crippen LogP contribution in [0.1, 0.15) is 29.7 Å². The van der Waals surface area contributed by atoms with Gasteiger partial charge in [-0.25, -0.2) is 9.37 Å². The molecule has 2 aromatic rings. The molecule has 11 heteroatoms. The Morgan fingerprint density at radius 1 is 1.36 bits per heavy atom. The molecule has 2 heterocycles. The summed E-state index contributed by atoms with van der Waals surface area (Å²) in [5.74, 6) is -1.95. The third kappa shape index (κ3) is 4.23. The molecule has 6 nitrogen and oxygen atoms in total. The van der Waals surface area contributed by atoms with Crippen LogP contribution in [0.25, 0.3) is 0 Å². The van der Waals surface area contributed by atoms with Crippen molar-refractivity contribution in [3.8, 4) is 6.07 Å². The van der Waals surface area contributed by atoms with E-state index in [0.717, 1.165) is 12.1 Å². The number of alkyl halides is 3. The molecule has 0 radical (unpaired) electrons. The Hall–Kier alpha value is -2.90. The number of carbonyl (C=O) groups is 1. The first-order valence-corrected chi connectivity index (χ1v) is 10.6. The summed E-state index contributed by atoms with van der Waals surface area (Å²) >= 11 is 5.90. The van der Waals surface area contributed by atoms with Gasteiger partial charge in [0.05, 0.1) is 17.2 Å². The number of nitriles is 1. The summed E-state index contributed by atoms with van der Waals surface area (Å²) in [5.41, 5.74) is -1.41. The number of aliphatic hydroxyl groups is 1. The number of amides is 1. The smallest absolute Gasteiger partial charge is 0.396 e. The topological polar surface area (TPSA) is 80.5 Å². The van der Waals surface area contributed by atoms with E-state index in [9.17, 15) is 32.7 Å². The van der Waals surface area contributed by atoms with E-state index in [-0.39, 0.29) is 35.7 Å². The van der Waals surface area contributed by atoms with E-state index in [1.165, 1.54) is 28.9 Å². The van der Waals surface area contributed by atoms with Gasteiger partial charge in [0, 0.05) is 29.9 Å². The molecule has 1 saturated carbocycles. The van der Waals surface area contributed by atoms with Gasteiger partial charge >= 0.3 is 6.18 Å². The maximum absolute atomic E-state index is 13.7. The number of carbonyl (C=O) groups excluding carboxylic acids is 1. The number of halogens is 5. The van der Waals surface area contributed by atoms with Crippen molar-refractivity contribution in [1.29, 1.82) is 5.26 Å². The van der Waals surface area contributed by atoms with Crippen LogP contribution >= 0.6 is 11.6 Å². The van der Waals surface area contributed by atoms with Crippen molar-refractivity contribution in [3.05, 3.63) is 51.9 Å². The van der Waals surface area contributed by atoms with Gasteiger partial charge in [-0.1, -0.05) is 11.6 Å². The molecule has 0 unspecified atom stereocenters.